The molecule has 0 amide bonds. The van der Waals surface area contributed by atoms with Crippen molar-refractivity contribution in [2.75, 3.05) is 0 Å². The third-order valence-corrected chi connectivity index (χ3v) is 10.2. The Balaban J connectivity index is 1.83. The Kier molecular flexibility index (Phi) is 5.39. The number of carbonyl (C=O) groups is 1. The molecule has 31 heavy (non-hydrogen) atoms. The lowest BCUT2D eigenvalue weighted by atomic mass is 9.40. The highest BCUT2D eigenvalue weighted by Gasteiger charge is 2.62. The SMILES string of the molecule is CC1(C)CCCCCC2(C)C(CC1)C(=O)C=C1C3(C)C=C(C#N)C(=N)CC3CCC12C. The summed E-state index contributed by atoms with van der Waals surface area (Å²) in [5.41, 5.74) is 2.19. The van der Waals surface area contributed by atoms with Crippen LogP contribution in [0.2, 0.25) is 0 Å². The Morgan fingerprint density at radius 3 is 2.42 bits per heavy atom. The van der Waals surface area contributed by atoms with Crippen molar-refractivity contribution in [3.8, 4) is 6.07 Å². The maximum atomic E-state index is 13.7. The first-order valence-electron chi connectivity index (χ1n) is 12.4. The molecule has 0 aliphatic heterocycles. The van der Waals surface area contributed by atoms with Crippen molar-refractivity contribution in [3.63, 3.8) is 0 Å². The minimum Gasteiger partial charge on any atom is -0.304 e. The normalized spacial score (nSPS) is 42.8. The van der Waals surface area contributed by atoms with E-state index in [1.165, 1.54) is 31.3 Å². The fraction of sp³-hybridized carbons (Fsp3) is 0.750. The number of fused-ring (bicyclic) bond motifs is 5. The molecule has 5 atom stereocenters. The number of rotatable bonds is 0. The summed E-state index contributed by atoms with van der Waals surface area (Å²) >= 11 is 0. The number of nitrogens with zero attached hydrogens (tertiary/aromatic N) is 1. The van der Waals surface area contributed by atoms with E-state index in [9.17, 15) is 10.1 Å². The second kappa shape index (κ2) is 7.43. The van der Waals surface area contributed by atoms with Gasteiger partial charge in [0.15, 0.2) is 5.78 Å². The second-order valence-electron chi connectivity index (χ2n) is 12.4. The van der Waals surface area contributed by atoms with Crippen molar-refractivity contribution in [2.24, 2.45) is 33.5 Å². The number of ketones is 1. The Labute approximate surface area is 188 Å². The van der Waals surface area contributed by atoms with Gasteiger partial charge < -0.3 is 5.41 Å². The first-order valence-corrected chi connectivity index (χ1v) is 12.4. The average molecular weight is 421 g/mol. The van der Waals surface area contributed by atoms with Crippen LogP contribution in [-0.2, 0) is 4.79 Å². The largest absolute Gasteiger partial charge is 0.304 e. The van der Waals surface area contributed by atoms with E-state index in [4.69, 9.17) is 5.41 Å². The molecule has 4 rings (SSSR count). The number of nitrogens with one attached hydrogen (secondary N) is 1. The summed E-state index contributed by atoms with van der Waals surface area (Å²) in [6.45, 7) is 11.8. The zero-order chi connectivity index (χ0) is 22.7. The molecule has 168 valence electrons. The predicted molar refractivity (Wildman–Crippen MR) is 126 cm³/mol. The highest BCUT2D eigenvalue weighted by Crippen LogP contribution is 2.68. The van der Waals surface area contributed by atoms with Gasteiger partial charge in [-0.1, -0.05) is 65.5 Å². The lowest BCUT2D eigenvalue weighted by molar-refractivity contribution is -0.132. The predicted octanol–water partition coefficient (Wildman–Crippen LogP) is 7.18. The molecule has 0 aromatic carbocycles. The zero-order valence-corrected chi connectivity index (χ0v) is 20.2. The van der Waals surface area contributed by atoms with E-state index < -0.39 is 0 Å². The van der Waals surface area contributed by atoms with E-state index in [1.807, 2.05) is 12.2 Å². The molecule has 0 aromatic heterocycles. The summed E-state index contributed by atoms with van der Waals surface area (Å²) in [4.78, 5) is 13.7. The van der Waals surface area contributed by atoms with Gasteiger partial charge in [0.05, 0.1) is 5.57 Å². The summed E-state index contributed by atoms with van der Waals surface area (Å²) in [7, 11) is 0. The third kappa shape index (κ3) is 3.37. The summed E-state index contributed by atoms with van der Waals surface area (Å²) in [6, 6.07) is 2.26. The highest BCUT2D eigenvalue weighted by atomic mass is 16.1. The number of allylic oxidation sites excluding steroid dienone is 4. The summed E-state index contributed by atoms with van der Waals surface area (Å²) in [6.07, 6.45) is 15.1. The van der Waals surface area contributed by atoms with Gasteiger partial charge in [0, 0.05) is 17.0 Å². The molecule has 0 bridgehead atoms. The zero-order valence-electron chi connectivity index (χ0n) is 20.2. The van der Waals surface area contributed by atoms with Crippen LogP contribution in [0.4, 0.5) is 0 Å². The topological polar surface area (TPSA) is 64.7 Å². The van der Waals surface area contributed by atoms with Crippen LogP contribution in [0, 0.1) is 50.2 Å². The minimum atomic E-state index is -0.291. The van der Waals surface area contributed by atoms with Crippen LogP contribution in [0.25, 0.3) is 0 Å². The Hall–Kier alpha value is -1.69. The highest BCUT2D eigenvalue weighted by molar-refractivity contribution is 6.03. The lowest BCUT2D eigenvalue weighted by Crippen LogP contribution is -2.57. The molecule has 4 aliphatic carbocycles. The van der Waals surface area contributed by atoms with Gasteiger partial charge in [-0.2, -0.15) is 5.26 Å². The van der Waals surface area contributed by atoms with Crippen molar-refractivity contribution in [1.29, 1.82) is 10.7 Å². The van der Waals surface area contributed by atoms with Gasteiger partial charge in [-0.25, -0.2) is 0 Å². The van der Waals surface area contributed by atoms with Crippen molar-refractivity contribution in [3.05, 3.63) is 23.3 Å². The molecule has 0 radical (unpaired) electrons. The van der Waals surface area contributed by atoms with Gasteiger partial charge in [-0.15, -0.1) is 0 Å². The molecule has 3 nitrogen and oxygen atoms in total. The van der Waals surface area contributed by atoms with Crippen LogP contribution >= 0.6 is 0 Å². The number of nitriles is 1. The summed E-state index contributed by atoms with van der Waals surface area (Å²) in [5.74, 6) is 0.740. The Morgan fingerprint density at radius 2 is 1.71 bits per heavy atom. The summed E-state index contributed by atoms with van der Waals surface area (Å²) in [5, 5.41) is 18.0. The number of carbonyl (C=O) groups excluding carboxylic acids is 1. The van der Waals surface area contributed by atoms with Crippen LogP contribution in [-0.4, -0.2) is 11.5 Å². The molecule has 5 unspecified atom stereocenters. The molecule has 4 aliphatic rings. The molecular formula is C28H40N2O. The van der Waals surface area contributed by atoms with Gasteiger partial charge in [-0.3, -0.25) is 4.79 Å². The fourth-order valence-corrected chi connectivity index (χ4v) is 7.76. The summed E-state index contributed by atoms with van der Waals surface area (Å²) < 4.78 is 0. The van der Waals surface area contributed by atoms with E-state index in [0.717, 1.165) is 32.1 Å². The first-order chi connectivity index (χ1) is 14.5. The smallest absolute Gasteiger partial charge is 0.159 e. The van der Waals surface area contributed by atoms with Crippen molar-refractivity contribution < 1.29 is 4.79 Å². The number of hydrogen-bond acceptors (Lipinski definition) is 3. The molecule has 2 fully saturated rings. The standard InChI is InChI=1S/C28H40N2O/c1-25(2)11-7-6-8-12-27(4)21(10-13-25)23(31)16-24-26(3)17-19(18-29)22(30)15-20(26)9-14-28(24,27)5/h16-17,20-21,30H,6-15H2,1-5H3. The molecule has 0 spiro atoms. The maximum Gasteiger partial charge on any atom is 0.159 e. The van der Waals surface area contributed by atoms with Gasteiger partial charge in [0.1, 0.15) is 6.07 Å². The van der Waals surface area contributed by atoms with E-state index >= 15 is 0 Å². The quantitative estimate of drug-likeness (QED) is 0.451. The minimum absolute atomic E-state index is 0.0310. The van der Waals surface area contributed by atoms with Crippen LogP contribution in [0.1, 0.15) is 98.8 Å². The molecule has 2 saturated carbocycles. The van der Waals surface area contributed by atoms with E-state index in [1.54, 1.807) is 0 Å². The lowest BCUT2D eigenvalue weighted by Gasteiger charge is -2.63. The van der Waals surface area contributed by atoms with Gasteiger partial charge in [0.25, 0.3) is 0 Å². The van der Waals surface area contributed by atoms with E-state index in [0.29, 0.717) is 34.8 Å². The van der Waals surface area contributed by atoms with Gasteiger partial charge in [0.2, 0.25) is 0 Å². The van der Waals surface area contributed by atoms with E-state index in [-0.39, 0.29) is 22.2 Å². The van der Waals surface area contributed by atoms with Crippen molar-refractivity contribution >= 4 is 11.5 Å². The molecule has 1 N–H and O–H groups in total. The van der Waals surface area contributed by atoms with Crippen molar-refractivity contribution in [1.82, 2.24) is 0 Å². The molecule has 3 heteroatoms. The second-order valence-corrected chi connectivity index (χ2v) is 12.4. The molecular weight excluding hydrogens is 380 g/mol. The van der Waals surface area contributed by atoms with Gasteiger partial charge in [-0.05, 0) is 73.2 Å². The average Bonchev–Trinajstić information content (AvgIpc) is 2.69. The maximum absolute atomic E-state index is 13.7. The molecule has 0 aromatic rings. The first kappa shape index (κ1) is 22.5. The van der Waals surface area contributed by atoms with Crippen LogP contribution in [0.3, 0.4) is 0 Å². The van der Waals surface area contributed by atoms with Gasteiger partial charge >= 0.3 is 0 Å². The van der Waals surface area contributed by atoms with Crippen LogP contribution < -0.4 is 0 Å². The molecule has 0 heterocycles. The monoisotopic (exact) mass is 420 g/mol. The fourth-order valence-electron chi connectivity index (χ4n) is 7.76. The van der Waals surface area contributed by atoms with Crippen molar-refractivity contribution in [2.45, 2.75) is 98.8 Å². The molecule has 0 saturated heterocycles. The Morgan fingerprint density at radius 1 is 1.00 bits per heavy atom. The number of hydrogen-bond donors (Lipinski definition) is 1. The van der Waals surface area contributed by atoms with Crippen LogP contribution in [0.15, 0.2) is 23.3 Å². The van der Waals surface area contributed by atoms with E-state index in [2.05, 4.69) is 40.7 Å². The Bertz CT molecular complexity index is 902. The third-order valence-electron chi connectivity index (χ3n) is 10.2. The van der Waals surface area contributed by atoms with Crippen LogP contribution in [0.5, 0.6) is 0 Å².